The van der Waals surface area contributed by atoms with Crippen LogP contribution in [0.5, 0.6) is 0 Å². The zero-order valence-corrected chi connectivity index (χ0v) is 11.6. The molecule has 2 aromatic rings. The Morgan fingerprint density at radius 3 is 2.89 bits per heavy atom. The summed E-state index contributed by atoms with van der Waals surface area (Å²) in [4.78, 5) is 11.4. The summed E-state index contributed by atoms with van der Waals surface area (Å²) in [7, 11) is 0. The molecule has 0 spiro atoms. The van der Waals surface area contributed by atoms with E-state index >= 15 is 0 Å². The lowest BCUT2D eigenvalue weighted by Gasteiger charge is -2.23. The Morgan fingerprint density at radius 2 is 2.11 bits per heavy atom. The summed E-state index contributed by atoms with van der Waals surface area (Å²) in [6.07, 6.45) is 7.05. The summed E-state index contributed by atoms with van der Waals surface area (Å²) in [6.45, 7) is 0. The molecular formula is C13H12BrN3O2. The second kappa shape index (κ2) is 4.77. The average Bonchev–Trinajstić information content (AvgIpc) is 2.81. The van der Waals surface area contributed by atoms with Crippen LogP contribution in [0.2, 0.25) is 0 Å². The van der Waals surface area contributed by atoms with Crippen LogP contribution in [0.3, 0.4) is 0 Å². The molecule has 0 fully saturated rings. The fourth-order valence-corrected chi connectivity index (χ4v) is 2.84. The van der Waals surface area contributed by atoms with Gasteiger partial charge in [0.05, 0.1) is 5.92 Å². The van der Waals surface area contributed by atoms with Gasteiger partial charge in [-0.3, -0.25) is 9.20 Å². The Kier molecular flexibility index (Phi) is 3.10. The van der Waals surface area contributed by atoms with Crippen molar-refractivity contribution in [2.45, 2.75) is 18.8 Å². The van der Waals surface area contributed by atoms with E-state index in [1.54, 1.807) is 0 Å². The third kappa shape index (κ3) is 2.16. The third-order valence-electron chi connectivity index (χ3n) is 3.47. The van der Waals surface area contributed by atoms with Gasteiger partial charge in [0.25, 0.3) is 0 Å². The van der Waals surface area contributed by atoms with Gasteiger partial charge in [-0.05, 0) is 40.9 Å². The summed E-state index contributed by atoms with van der Waals surface area (Å²) in [5.41, 5.74) is 0.733. The van der Waals surface area contributed by atoms with Gasteiger partial charge in [-0.15, -0.1) is 10.2 Å². The number of nitrogens with zero attached hydrogens (tertiary/aromatic N) is 3. The predicted octanol–water partition coefficient (Wildman–Crippen LogP) is 2.63. The van der Waals surface area contributed by atoms with Crippen LogP contribution in [-0.4, -0.2) is 25.7 Å². The first-order valence-electron chi connectivity index (χ1n) is 6.05. The predicted molar refractivity (Wildman–Crippen MR) is 72.9 cm³/mol. The average molecular weight is 322 g/mol. The van der Waals surface area contributed by atoms with Gasteiger partial charge in [0, 0.05) is 16.6 Å². The number of pyridine rings is 1. The lowest BCUT2D eigenvalue weighted by atomic mass is 9.82. The molecule has 2 heterocycles. The van der Waals surface area contributed by atoms with E-state index in [1.165, 1.54) is 0 Å². The Hall–Kier alpha value is -1.69. The van der Waals surface area contributed by atoms with Crippen LogP contribution in [0.25, 0.3) is 5.65 Å². The van der Waals surface area contributed by atoms with Crippen molar-refractivity contribution in [3.05, 3.63) is 40.8 Å². The van der Waals surface area contributed by atoms with Crippen molar-refractivity contribution in [3.63, 3.8) is 0 Å². The maximum atomic E-state index is 11.4. The third-order valence-corrected chi connectivity index (χ3v) is 3.94. The number of fused-ring (bicyclic) bond motifs is 1. The topological polar surface area (TPSA) is 67.5 Å². The van der Waals surface area contributed by atoms with Gasteiger partial charge in [0.1, 0.15) is 5.82 Å². The molecule has 0 saturated heterocycles. The van der Waals surface area contributed by atoms with Crippen LogP contribution in [0.1, 0.15) is 24.6 Å². The minimum atomic E-state index is -0.777. The number of rotatable bonds is 2. The molecule has 3 rings (SSSR count). The molecule has 2 atom stereocenters. The van der Waals surface area contributed by atoms with E-state index in [4.69, 9.17) is 0 Å². The number of halogens is 1. The molecule has 0 radical (unpaired) electrons. The van der Waals surface area contributed by atoms with Crippen LogP contribution < -0.4 is 0 Å². The molecule has 0 aliphatic heterocycles. The second-order valence-corrected chi connectivity index (χ2v) is 5.54. The van der Waals surface area contributed by atoms with Gasteiger partial charge in [-0.25, -0.2) is 0 Å². The van der Waals surface area contributed by atoms with E-state index in [-0.39, 0.29) is 5.92 Å². The number of carbonyl (C=O) groups is 1. The van der Waals surface area contributed by atoms with Gasteiger partial charge < -0.3 is 5.11 Å². The zero-order chi connectivity index (χ0) is 13.4. The molecule has 0 saturated carbocycles. The van der Waals surface area contributed by atoms with E-state index in [2.05, 4.69) is 26.1 Å². The quantitative estimate of drug-likeness (QED) is 0.863. The molecule has 1 aliphatic carbocycles. The highest BCUT2D eigenvalue weighted by atomic mass is 79.9. The van der Waals surface area contributed by atoms with Crippen molar-refractivity contribution in [3.8, 4) is 0 Å². The van der Waals surface area contributed by atoms with Crippen molar-refractivity contribution in [1.82, 2.24) is 14.6 Å². The Balaban J connectivity index is 2.10. The molecule has 6 heteroatoms. The van der Waals surface area contributed by atoms with Gasteiger partial charge >= 0.3 is 5.97 Å². The summed E-state index contributed by atoms with van der Waals surface area (Å²) in [5.74, 6) is -0.627. The van der Waals surface area contributed by atoms with Gasteiger partial charge in [-0.2, -0.15) is 0 Å². The lowest BCUT2D eigenvalue weighted by molar-refractivity contribution is -0.142. The van der Waals surface area contributed by atoms with Crippen LogP contribution in [0.15, 0.2) is 35.0 Å². The second-order valence-electron chi connectivity index (χ2n) is 4.63. The number of carboxylic acid groups (broad SMARTS) is 1. The van der Waals surface area contributed by atoms with Crippen molar-refractivity contribution in [2.24, 2.45) is 5.92 Å². The molecule has 0 aromatic carbocycles. The Labute approximate surface area is 118 Å². The first-order valence-corrected chi connectivity index (χ1v) is 6.84. The van der Waals surface area contributed by atoms with Crippen molar-refractivity contribution >= 4 is 27.5 Å². The Bertz CT molecular complexity index is 665. The van der Waals surface area contributed by atoms with Crippen molar-refractivity contribution in [1.29, 1.82) is 0 Å². The van der Waals surface area contributed by atoms with Gasteiger partial charge in [0.2, 0.25) is 0 Å². The summed E-state index contributed by atoms with van der Waals surface area (Å²) < 4.78 is 2.78. The Morgan fingerprint density at radius 1 is 1.32 bits per heavy atom. The van der Waals surface area contributed by atoms with Crippen LogP contribution in [0.4, 0.5) is 0 Å². The molecule has 2 aromatic heterocycles. The molecule has 5 nitrogen and oxygen atoms in total. The highest BCUT2D eigenvalue weighted by Crippen LogP contribution is 2.34. The monoisotopic (exact) mass is 321 g/mol. The molecule has 0 bridgehead atoms. The summed E-state index contributed by atoms with van der Waals surface area (Å²) in [6, 6.07) is 3.75. The number of hydrogen-bond acceptors (Lipinski definition) is 3. The number of allylic oxidation sites excluding steroid dienone is 2. The molecular weight excluding hydrogens is 310 g/mol. The number of aliphatic carboxylic acids is 1. The van der Waals surface area contributed by atoms with E-state index in [0.29, 0.717) is 18.7 Å². The van der Waals surface area contributed by atoms with Gasteiger partial charge in [0.15, 0.2) is 5.65 Å². The summed E-state index contributed by atoms with van der Waals surface area (Å²) in [5, 5.41) is 17.6. The molecule has 98 valence electrons. The van der Waals surface area contributed by atoms with E-state index < -0.39 is 11.9 Å². The normalized spacial score (nSPS) is 22.8. The molecule has 1 aliphatic rings. The minimum absolute atomic E-state index is 0.133. The maximum Gasteiger partial charge on any atom is 0.307 e. The number of carboxylic acids is 1. The number of aromatic nitrogens is 3. The molecule has 0 amide bonds. The largest absolute Gasteiger partial charge is 0.481 e. The fraction of sp³-hybridized carbons (Fsp3) is 0.308. The fourth-order valence-electron chi connectivity index (χ4n) is 2.51. The smallest absolute Gasteiger partial charge is 0.307 e. The highest BCUT2D eigenvalue weighted by Gasteiger charge is 2.33. The van der Waals surface area contributed by atoms with Crippen molar-refractivity contribution < 1.29 is 9.90 Å². The first kappa shape index (κ1) is 12.3. The van der Waals surface area contributed by atoms with Crippen LogP contribution >= 0.6 is 15.9 Å². The van der Waals surface area contributed by atoms with E-state index in [9.17, 15) is 9.90 Å². The van der Waals surface area contributed by atoms with Crippen LogP contribution in [-0.2, 0) is 4.79 Å². The SMILES string of the molecule is O=C(O)C1CC=CCC1c1nnc2ccc(Br)cn12. The number of hydrogen-bond donors (Lipinski definition) is 1. The minimum Gasteiger partial charge on any atom is -0.481 e. The van der Waals surface area contributed by atoms with Crippen LogP contribution in [0, 0.1) is 5.92 Å². The van der Waals surface area contributed by atoms with Crippen molar-refractivity contribution in [2.75, 3.05) is 0 Å². The highest BCUT2D eigenvalue weighted by molar-refractivity contribution is 9.10. The summed E-state index contributed by atoms with van der Waals surface area (Å²) >= 11 is 3.41. The van der Waals surface area contributed by atoms with E-state index in [0.717, 1.165) is 10.1 Å². The molecule has 2 unspecified atom stereocenters. The molecule has 19 heavy (non-hydrogen) atoms. The van der Waals surface area contributed by atoms with Gasteiger partial charge in [-0.1, -0.05) is 12.2 Å². The molecule has 1 N–H and O–H groups in total. The standard InChI is InChI=1S/C13H12BrN3O2/c14-8-5-6-11-15-16-12(17(11)7-8)9-3-1-2-4-10(9)13(18)19/h1-2,5-7,9-10H,3-4H2,(H,18,19). The first-order chi connectivity index (χ1) is 9.16. The zero-order valence-electron chi connectivity index (χ0n) is 10.0. The van der Waals surface area contributed by atoms with E-state index in [1.807, 2.05) is 34.9 Å². The maximum absolute atomic E-state index is 11.4. The lowest BCUT2D eigenvalue weighted by Crippen LogP contribution is -2.25.